The van der Waals surface area contributed by atoms with Crippen molar-refractivity contribution in [2.24, 2.45) is 0 Å². The first-order chi connectivity index (χ1) is 11.6. The summed E-state index contributed by atoms with van der Waals surface area (Å²) in [6, 6.07) is 4.48. The molecule has 2 fully saturated rings. The lowest BCUT2D eigenvalue weighted by Gasteiger charge is -2.31. The van der Waals surface area contributed by atoms with Crippen LogP contribution in [0.1, 0.15) is 45.5 Å². The van der Waals surface area contributed by atoms with E-state index in [1.54, 1.807) is 23.1 Å². The number of carbonyl (C=O) groups is 4. The van der Waals surface area contributed by atoms with Gasteiger partial charge in [0.2, 0.25) is 11.8 Å². The van der Waals surface area contributed by atoms with Gasteiger partial charge in [-0.2, -0.15) is 0 Å². The summed E-state index contributed by atoms with van der Waals surface area (Å²) in [4.78, 5) is 51.8. The van der Waals surface area contributed by atoms with Crippen LogP contribution >= 0.6 is 0 Å². The van der Waals surface area contributed by atoms with Gasteiger partial charge in [-0.15, -0.1) is 0 Å². The molecule has 4 amide bonds. The number of carbonyl (C=O) groups excluding carboxylic acids is 4. The van der Waals surface area contributed by atoms with Gasteiger partial charge in [0.05, 0.1) is 0 Å². The molecule has 3 aliphatic rings. The summed E-state index contributed by atoms with van der Waals surface area (Å²) in [5.41, 5.74) is 1.70. The summed E-state index contributed by atoms with van der Waals surface area (Å²) in [6.45, 7) is 1.72. The molecule has 1 unspecified atom stereocenters. The molecular weight excluding hydrogens is 310 g/mol. The highest BCUT2D eigenvalue weighted by atomic mass is 16.2. The topological polar surface area (TPSA) is 86.8 Å². The first-order valence-corrected chi connectivity index (χ1v) is 8.12. The number of piperidine rings is 1. The SMILES string of the molecule is O=C1CCC(N2Cc3c(C(=O)N4CCC4)cccc3C2=O)C(=O)N1. The summed E-state index contributed by atoms with van der Waals surface area (Å²) in [7, 11) is 0. The minimum absolute atomic E-state index is 0.0592. The number of benzene rings is 1. The Kier molecular flexibility index (Phi) is 3.37. The predicted octanol–water partition coefficient (Wildman–Crippen LogP) is 0.293. The first-order valence-electron chi connectivity index (χ1n) is 8.12. The smallest absolute Gasteiger partial charge is 0.255 e. The van der Waals surface area contributed by atoms with Crippen LogP contribution in [0.3, 0.4) is 0 Å². The van der Waals surface area contributed by atoms with Gasteiger partial charge in [-0.3, -0.25) is 24.5 Å². The van der Waals surface area contributed by atoms with Crippen molar-refractivity contribution in [1.29, 1.82) is 0 Å². The number of nitrogens with one attached hydrogen (secondary N) is 1. The van der Waals surface area contributed by atoms with E-state index < -0.39 is 11.9 Å². The Balaban J connectivity index is 1.63. The molecule has 0 saturated carbocycles. The lowest BCUT2D eigenvalue weighted by molar-refractivity contribution is -0.136. The molecule has 1 aromatic carbocycles. The fourth-order valence-electron chi connectivity index (χ4n) is 3.48. The summed E-state index contributed by atoms with van der Waals surface area (Å²) in [6.07, 6.45) is 1.54. The highest BCUT2D eigenvalue weighted by molar-refractivity contribution is 6.07. The molecule has 0 bridgehead atoms. The van der Waals surface area contributed by atoms with Crippen LogP contribution in [0.2, 0.25) is 0 Å². The number of likely N-dealkylation sites (tertiary alicyclic amines) is 1. The molecule has 24 heavy (non-hydrogen) atoms. The minimum atomic E-state index is -0.658. The number of imide groups is 1. The van der Waals surface area contributed by atoms with Crippen molar-refractivity contribution in [3.05, 3.63) is 34.9 Å². The van der Waals surface area contributed by atoms with E-state index in [4.69, 9.17) is 0 Å². The number of hydrogen-bond donors (Lipinski definition) is 1. The maximum Gasteiger partial charge on any atom is 0.255 e. The second-order valence-corrected chi connectivity index (χ2v) is 6.38. The van der Waals surface area contributed by atoms with Crippen LogP contribution in [0.4, 0.5) is 0 Å². The van der Waals surface area contributed by atoms with E-state index in [9.17, 15) is 19.2 Å². The van der Waals surface area contributed by atoms with Crippen LogP contribution in [-0.4, -0.2) is 52.6 Å². The maximum atomic E-state index is 12.7. The van der Waals surface area contributed by atoms with E-state index in [0.717, 1.165) is 19.5 Å². The molecule has 0 aliphatic carbocycles. The van der Waals surface area contributed by atoms with Crippen LogP contribution in [0.25, 0.3) is 0 Å². The summed E-state index contributed by atoms with van der Waals surface area (Å²) in [5.74, 6) is -1.06. The zero-order valence-electron chi connectivity index (χ0n) is 13.1. The Hall–Kier alpha value is -2.70. The maximum absolute atomic E-state index is 12.7. The Morgan fingerprint density at radius 2 is 1.96 bits per heavy atom. The molecule has 2 saturated heterocycles. The third kappa shape index (κ3) is 2.19. The van der Waals surface area contributed by atoms with E-state index in [2.05, 4.69) is 5.32 Å². The van der Waals surface area contributed by atoms with Crippen molar-refractivity contribution in [3.63, 3.8) is 0 Å². The Morgan fingerprint density at radius 1 is 1.17 bits per heavy atom. The number of amides is 4. The number of nitrogens with zero attached hydrogens (tertiary/aromatic N) is 2. The van der Waals surface area contributed by atoms with E-state index in [0.29, 0.717) is 23.1 Å². The van der Waals surface area contributed by atoms with Crippen molar-refractivity contribution >= 4 is 23.6 Å². The zero-order valence-corrected chi connectivity index (χ0v) is 13.1. The molecular formula is C17H17N3O4. The third-order valence-electron chi connectivity index (χ3n) is 4.96. The number of hydrogen-bond acceptors (Lipinski definition) is 4. The van der Waals surface area contributed by atoms with Gasteiger partial charge in [-0.1, -0.05) is 6.07 Å². The van der Waals surface area contributed by atoms with E-state index in [-0.39, 0.29) is 30.7 Å². The molecule has 7 nitrogen and oxygen atoms in total. The largest absolute Gasteiger partial charge is 0.339 e. The van der Waals surface area contributed by atoms with Crippen molar-refractivity contribution in [1.82, 2.24) is 15.1 Å². The molecule has 3 aliphatic heterocycles. The number of fused-ring (bicyclic) bond motifs is 1. The second-order valence-electron chi connectivity index (χ2n) is 6.38. The van der Waals surface area contributed by atoms with E-state index in [1.807, 2.05) is 0 Å². The summed E-state index contributed by atoms with van der Waals surface area (Å²) < 4.78 is 0. The van der Waals surface area contributed by atoms with Gasteiger partial charge in [-0.25, -0.2) is 0 Å². The third-order valence-corrected chi connectivity index (χ3v) is 4.96. The van der Waals surface area contributed by atoms with Gasteiger partial charge >= 0.3 is 0 Å². The normalized spacial score (nSPS) is 23.0. The lowest BCUT2D eigenvalue weighted by Crippen LogP contribution is -2.52. The zero-order chi connectivity index (χ0) is 16.8. The van der Waals surface area contributed by atoms with Crippen LogP contribution in [0.5, 0.6) is 0 Å². The van der Waals surface area contributed by atoms with Crippen LogP contribution in [-0.2, 0) is 16.1 Å². The van der Waals surface area contributed by atoms with Crippen molar-refractivity contribution < 1.29 is 19.2 Å². The van der Waals surface area contributed by atoms with Crippen molar-refractivity contribution in [2.45, 2.75) is 31.8 Å². The second kappa shape index (κ2) is 5.43. The predicted molar refractivity (Wildman–Crippen MR) is 83.0 cm³/mol. The van der Waals surface area contributed by atoms with Gasteiger partial charge in [0.25, 0.3) is 11.8 Å². The molecule has 1 N–H and O–H groups in total. The Labute approximate surface area is 138 Å². The van der Waals surface area contributed by atoms with Crippen LogP contribution in [0, 0.1) is 0 Å². The summed E-state index contributed by atoms with van der Waals surface area (Å²) in [5, 5.41) is 2.28. The molecule has 3 heterocycles. The summed E-state index contributed by atoms with van der Waals surface area (Å²) >= 11 is 0. The van der Waals surface area contributed by atoms with Gasteiger partial charge in [-0.05, 0) is 30.5 Å². The molecule has 1 aromatic rings. The minimum Gasteiger partial charge on any atom is -0.339 e. The highest BCUT2D eigenvalue weighted by Gasteiger charge is 2.40. The van der Waals surface area contributed by atoms with Crippen molar-refractivity contribution in [3.8, 4) is 0 Å². The fraction of sp³-hybridized carbons (Fsp3) is 0.412. The fourth-order valence-corrected chi connectivity index (χ4v) is 3.48. The molecule has 4 rings (SSSR count). The van der Waals surface area contributed by atoms with Gasteiger partial charge in [0.1, 0.15) is 6.04 Å². The van der Waals surface area contributed by atoms with Crippen LogP contribution < -0.4 is 5.32 Å². The number of rotatable bonds is 2. The quantitative estimate of drug-likeness (QED) is 0.791. The molecule has 7 heteroatoms. The van der Waals surface area contributed by atoms with Gasteiger partial charge in [0, 0.05) is 37.2 Å². The highest BCUT2D eigenvalue weighted by Crippen LogP contribution is 2.30. The lowest BCUT2D eigenvalue weighted by atomic mass is 10.0. The molecule has 0 aromatic heterocycles. The molecule has 1 atom stereocenters. The van der Waals surface area contributed by atoms with Crippen molar-refractivity contribution in [2.75, 3.05) is 13.1 Å². The Morgan fingerprint density at radius 3 is 2.62 bits per heavy atom. The van der Waals surface area contributed by atoms with Gasteiger partial charge < -0.3 is 9.80 Å². The van der Waals surface area contributed by atoms with E-state index >= 15 is 0 Å². The molecule has 124 valence electrons. The molecule has 0 spiro atoms. The molecule has 0 radical (unpaired) electrons. The average Bonchev–Trinajstić information content (AvgIpc) is 2.83. The monoisotopic (exact) mass is 327 g/mol. The first kappa shape index (κ1) is 14.9. The average molecular weight is 327 g/mol. The Bertz CT molecular complexity index is 769. The standard InChI is InChI=1S/C17H17N3O4/c21-14-6-5-13(15(22)18-14)20-9-12-10(16(23)19-7-2-8-19)3-1-4-11(12)17(20)24/h1,3-4,13H,2,5-9H2,(H,18,21,22). The van der Waals surface area contributed by atoms with Crippen LogP contribution in [0.15, 0.2) is 18.2 Å². The van der Waals surface area contributed by atoms with E-state index in [1.165, 1.54) is 4.90 Å². The van der Waals surface area contributed by atoms with Gasteiger partial charge in [0.15, 0.2) is 0 Å².